The van der Waals surface area contributed by atoms with Crippen LogP contribution >= 0.6 is 0 Å². The van der Waals surface area contributed by atoms with Gasteiger partial charge in [0, 0.05) is 31.5 Å². The molecule has 0 bridgehead atoms. The van der Waals surface area contributed by atoms with E-state index in [1.807, 2.05) is 4.68 Å². The zero-order valence-electron chi connectivity index (χ0n) is 18.0. The lowest BCUT2D eigenvalue weighted by molar-refractivity contribution is 0.182. The van der Waals surface area contributed by atoms with E-state index in [4.69, 9.17) is 9.73 Å². The van der Waals surface area contributed by atoms with Crippen molar-refractivity contribution in [2.75, 3.05) is 20.3 Å². The number of benzene rings is 1. The maximum Gasteiger partial charge on any atom is 0.191 e. The minimum atomic E-state index is 0.660. The minimum absolute atomic E-state index is 0.660. The molecule has 1 aromatic heterocycles. The molecule has 0 saturated carbocycles. The molecule has 0 spiro atoms. The zero-order valence-corrected chi connectivity index (χ0v) is 18.0. The molecule has 2 aromatic rings. The van der Waals surface area contributed by atoms with Gasteiger partial charge in [-0.1, -0.05) is 43.2 Å². The number of rotatable bonds is 10. The molecular formula is C22H35N5O. The minimum Gasteiger partial charge on any atom is -0.383 e. The van der Waals surface area contributed by atoms with Gasteiger partial charge in [-0.05, 0) is 32.8 Å². The van der Waals surface area contributed by atoms with E-state index in [0.717, 1.165) is 37.6 Å². The van der Waals surface area contributed by atoms with Crippen molar-refractivity contribution in [2.45, 2.75) is 60.2 Å². The van der Waals surface area contributed by atoms with E-state index in [1.165, 1.54) is 22.4 Å². The molecule has 2 rings (SSSR count). The molecule has 0 aliphatic rings. The van der Waals surface area contributed by atoms with Gasteiger partial charge in [-0.3, -0.25) is 4.68 Å². The normalized spacial score (nSPS) is 11.7. The average Bonchev–Trinajstić information content (AvgIpc) is 2.96. The standard InChI is InChI=1S/C22H35N5O/c1-6-7-12-23-22(24-15-20-10-8-17(2)9-11-20)25-16-21-18(3)26-27(19(21)4)13-14-28-5/h8-11H,6-7,12-16H2,1-5H3,(H2,23,24,25). The van der Waals surface area contributed by atoms with Crippen LogP contribution < -0.4 is 10.6 Å². The first-order valence-electron chi connectivity index (χ1n) is 10.1. The Morgan fingerprint density at radius 2 is 1.89 bits per heavy atom. The summed E-state index contributed by atoms with van der Waals surface area (Å²) in [4.78, 5) is 4.77. The maximum absolute atomic E-state index is 5.18. The molecule has 0 aliphatic heterocycles. The van der Waals surface area contributed by atoms with Crippen molar-refractivity contribution in [3.63, 3.8) is 0 Å². The topological polar surface area (TPSA) is 63.5 Å². The molecule has 28 heavy (non-hydrogen) atoms. The van der Waals surface area contributed by atoms with Gasteiger partial charge in [-0.25, -0.2) is 4.99 Å². The fourth-order valence-electron chi connectivity index (χ4n) is 2.98. The zero-order chi connectivity index (χ0) is 20.4. The maximum atomic E-state index is 5.18. The lowest BCUT2D eigenvalue weighted by atomic mass is 10.1. The van der Waals surface area contributed by atoms with Crippen molar-refractivity contribution in [3.05, 3.63) is 52.3 Å². The number of aliphatic imine (C=N–C) groups is 1. The van der Waals surface area contributed by atoms with Gasteiger partial charge in [-0.15, -0.1) is 0 Å². The highest BCUT2D eigenvalue weighted by atomic mass is 16.5. The van der Waals surface area contributed by atoms with Crippen LogP contribution in [0, 0.1) is 20.8 Å². The van der Waals surface area contributed by atoms with Crippen LogP contribution in [0.2, 0.25) is 0 Å². The van der Waals surface area contributed by atoms with Crippen LogP contribution in [-0.4, -0.2) is 36.0 Å². The second-order valence-electron chi connectivity index (χ2n) is 7.15. The van der Waals surface area contributed by atoms with Crippen LogP contribution in [0.15, 0.2) is 29.3 Å². The van der Waals surface area contributed by atoms with Gasteiger partial charge in [0.15, 0.2) is 5.96 Å². The van der Waals surface area contributed by atoms with Gasteiger partial charge in [0.25, 0.3) is 0 Å². The lowest BCUT2D eigenvalue weighted by Crippen LogP contribution is -2.37. The van der Waals surface area contributed by atoms with Gasteiger partial charge >= 0.3 is 0 Å². The number of aryl methyl sites for hydroxylation is 2. The third-order valence-corrected chi connectivity index (χ3v) is 4.83. The summed E-state index contributed by atoms with van der Waals surface area (Å²) in [6, 6.07) is 8.53. The van der Waals surface area contributed by atoms with Crippen molar-refractivity contribution in [3.8, 4) is 0 Å². The third kappa shape index (κ3) is 6.68. The number of unbranched alkanes of at least 4 members (excludes halogenated alkanes) is 1. The molecular weight excluding hydrogens is 350 g/mol. The summed E-state index contributed by atoms with van der Waals surface area (Å²) in [5.41, 5.74) is 5.92. The Hall–Kier alpha value is -2.34. The summed E-state index contributed by atoms with van der Waals surface area (Å²) < 4.78 is 7.20. The number of guanidine groups is 1. The van der Waals surface area contributed by atoms with E-state index < -0.39 is 0 Å². The second kappa shape index (κ2) is 11.5. The molecule has 2 N–H and O–H groups in total. The van der Waals surface area contributed by atoms with Crippen LogP contribution in [-0.2, 0) is 24.4 Å². The van der Waals surface area contributed by atoms with Crippen molar-refractivity contribution in [1.82, 2.24) is 20.4 Å². The molecule has 6 nitrogen and oxygen atoms in total. The number of hydrogen-bond donors (Lipinski definition) is 2. The average molecular weight is 386 g/mol. The number of ether oxygens (including phenoxy) is 1. The summed E-state index contributed by atoms with van der Waals surface area (Å²) in [6.07, 6.45) is 2.28. The molecule has 0 fully saturated rings. The summed E-state index contributed by atoms with van der Waals surface area (Å²) in [7, 11) is 1.72. The smallest absolute Gasteiger partial charge is 0.191 e. The van der Waals surface area contributed by atoms with Crippen molar-refractivity contribution >= 4 is 5.96 Å². The Bertz CT molecular complexity index is 749. The predicted octanol–water partition coefficient (Wildman–Crippen LogP) is 3.49. The summed E-state index contributed by atoms with van der Waals surface area (Å²) in [6.45, 7) is 12.2. The van der Waals surface area contributed by atoms with E-state index in [1.54, 1.807) is 7.11 Å². The predicted molar refractivity (Wildman–Crippen MR) is 116 cm³/mol. The van der Waals surface area contributed by atoms with E-state index >= 15 is 0 Å². The highest BCUT2D eigenvalue weighted by molar-refractivity contribution is 5.79. The molecule has 0 saturated heterocycles. The first-order valence-corrected chi connectivity index (χ1v) is 10.1. The van der Waals surface area contributed by atoms with E-state index in [2.05, 4.69) is 67.7 Å². The quantitative estimate of drug-likeness (QED) is 0.373. The Balaban J connectivity index is 2.04. The number of hydrogen-bond acceptors (Lipinski definition) is 3. The molecule has 154 valence electrons. The van der Waals surface area contributed by atoms with Crippen LogP contribution in [0.1, 0.15) is 47.8 Å². The molecule has 0 aliphatic carbocycles. The van der Waals surface area contributed by atoms with Gasteiger partial charge in [0.1, 0.15) is 0 Å². The van der Waals surface area contributed by atoms with E-state index in [-0.39, 0.29) is 0 Å². The first kappa shape index (κ1) is 22.0. The fourth-order valence-corrected chi connectivity index (χ4v) is 2.98. The second-order valence-corrected chi connectivity index (χ2v) is 7.15. The van der Waals surface area contributed by atoms with Crippen molar-refractivity contribution < 1.29 is 4.74 Å². The Kier molecular flexibility index (Phi) is 9.01. The molecule has 0 atom stereocenters. The van der Waals surface area contributed by atoms with Gasteiger partial charge in [0.05, 0.1) is 25.4 Å². The molecule has 0 unspecified atom stereocenters. The summed E-state index contributed by atoms with van der Waals surface area (Å²) in [5, 5.41) is 11.6. The Morgan fingerprint density at radius 3 is 2.57 bits per heavy atom. The Morgan fingerprint density at radius 1 is 1.14 bits per heavy atom. The number of aromatic nitrogens is 2. The van der Waals surface area contributed by atoms with E-state index in [0.29, 0.717) is 19.7 Å². The first-order chi connectivity index (χ1) is 13.5. The van der Waals surface area contributed by atoms with Crippen LogP contribution in [0.25, 0.3) is 0 Å². The Labute approximate surface area is 169 Å². The lowest BCUT2D eigenvalue weighted by Gasteiger charge is -2.13. The van der Waals surface area contributed by atoms with Gasteiger partial charge < -0.3 is 15.4 Å². The molecule has 0 amide bonds. The van der Waals surface area contributed by atoms with Gasteiger partial charge in [0.2, 0.25) is 0 Å². The molecule has 0 radical (unpaired) electrons. The highest BCUT2D eigenvalue weighted by Crippen LogP contribution is 2.13. The number of methoxy groups -OCH3 is 1. The SMILES string of the molecule is CCCCNC(=NCc1ccc(C)cc1)NCc1c(C)nn(CCOC)c1C. The fraction of sp³-hybridized carbons (Fsp3) is 0.545. The molecule has 1 aromatic carbocycles. The monoisotopic (exact) mass is 385 g/mol. The van der Waals surface area contributed by atoms with Gasteiger partial charge in [-0.2, -0.15) is 5.10 Å². The number of nitrogens with zero attached hydrogens (tertiary/aromatic N) is 3. The van der Waals surface area contributed by atoms with E-state index in [9.17, 15) is 0 Å². The third-order valence-electron chi connectivity index (χ3n) is 4.83. The van der Waals surface area contributed by atoms with Crippen molar-refractivity contribution in [2.24, 2.45) is 4.99 Å². The summed E-state index contributed by atoms with van der Waals surface area (Å²) in [5.74, 6) is 0.845. The summed E-state index contributed by atoms with van der Waals surface area (Å²) >= 11 is 0. The van der Waals surface area contributed by atoms with Crippen molar-refractivity contribution in [1.29, 1.82) is 0 Å². The van der Waals surface area contributed by atoms with Crippen LogP contribution in [0.5, 0.6) is 0 Å². The van der Waals surface area contributed by atoms with Crippen LogP contribution in [0.3, 0.4) is 0 Å². The highest BCUT2D eigenvalue weighted by Gasteiger charge is 2.12. The molecule has 1 heterocycles. The largest absolute Gasteiger partial charge is 0.383 e. The number of nitrogens with one attached hydrogen (secondary N) is 2. The van der Waals surface area contributed by atoms with Crippen LogP contribution in [0.4, 0.5) is 0 Å². The molecule has 6 heteroatoms.